The number of pyridine rings is 1. The Morgan fingerprint density at radius 1 is 1.24 bits per heavy atom. The van der Waals surface area contributed by atoms with Gasteiger partial charge in [0, 0.05) is 18.5 Å². The Morgan fingerprint density at radius 3 is 2.65 bits per heavy atom. The number of amides is 4. The highest BCUT2D eigenvalue weighted by molar-refractivity contribution is 6.38. The number of carbonyl (C=O) groups excluding carboxylic acids is 3. The Balaban J connectivity index is 1.58. The van der Waals surface area contributed by atoms with Crippen LogP contribution in [0.1, 0.15) is 25.1 Å². The number of aromatic nitrogens is 2. The molecular weight excluding hydrogens is 507 g/mol. The van der Waals surface area contributed by atoms with E-state index >= 15 is 0 Å². The van der Waals surface area contributed by atoms with Gasteiger partial charge in [0.05, 0.1) is 35.2 Å². The minimum atomic E-state index is -1.73. The predicted octanol–water partition coefficient (Wildman–Crippen LogP) is 2.44. The van der Waals surface area contributed by atoms with Gasteiger partial charge in [-0.05, 0) is 26.0 Å². The number of morpholine rings is 1. The van der Waals surface area contributed by atoms with Gasteiger partial charge in [0.15, 0.2) is 5.41 Å². The van der Waals surface area contributed by atoms with Crippen LogP contribution in [0.25, 0.3) is 22.4 Å². The summed E-state index contributed by atoms with van der Waals surface area (Å²) in [6.07, 6.45) is -1.04. The van der Waals surface area contributed by atoms with E-state index in [0.29, 0.717) is 16.9 Å². The zero-order valence-corrected chi connectivity index (χ0v) is 20.2. The van der Waals surface area contributed by atoms with Crippen LogP contribution in [0, 0.1) is 22.6 Å². The van der Waals surface area contributed by atoms with Gasteiger partial charge < -0.3 is 14.2 Å². The highest BCUT2D eigenvalue weighted by Crippen LogP contribution is 2.50. The number of anilines is 1. The first kappa shape index (κ1) is 23.3. The van der Waals surface area contributed by atoms with E-state index < -0.39 is 41.2 Å². The van der Waals surface area contributed by atoms with Crippen molar-refractivity contribution in [1.82, 2.24) is 20.8 Å². The third kappa shape index (κ3) is 3.17. The molecule has 0 unspecified atom stereocenters. The summed E-state index contributed by atoms with van der Waals surface area (Å²) in [5.74, 6) is -2.26. The number of nitrogens with one attached hydrogen (secondary N) is 2. The second-order valence-electron chi connectivity index (χ2n) is 9.37. The summed E-state index contributed by atoms with van der Waals surface area (Å²) >= 11 is 6.85. The van der Waals surface area contributed by atoms with Crippen LogP contribution < -0.4 is 15.5 Å². The zero-order valence-electron chi connectivity index (χ0n) is 19.5. The highest BCUT2D eigenvalue weighted by atomic mass is 35.5. The van der Waals surface area contributed by atoms with E-state index in [1.54, 1.807) is 13.0 Å². The number of imide groups is 2. The Hall–Kier alpha value is -4.08. The maximum absolute atomic E-state index is 14.3. The molecule has 1 spiro atoms. The standard InChI is InChI=1S/C24H18ClFN6O5/c1-9-8-32-18-14(6-24(20(32)10(2)36-9)21(33)29-23(35)30-22(24)34)28-17-16(31-37-19(17)15(18)25)11-3-4-12(7-27)13(26)5-11/h3-5,9-10,20H,6,8H2,1-2H3,(H2,29,30,33,34,35)/t9-,10+,20-/m1/s1. The monoisotopic (exact) mass is 524 g/mol. The van der Waals surface area contributed by atoms with Crippen LogP contribution in [0.2, 0.25) is 5.02 Å². The van der Waals surface area contributed by atoms with Crippen molar-refractivity contribution in [3.8, 4) is 17.3 Å². The van der Waals surface area contributed by atoms with Crippen LogP contribution in [-0.2, 0) is 20.7 Å². The molecule has 2 fully saturated rings. The molecular formula is C24H18ClFN6O5. The first-order chi connectivity index (χ1) is 17.6. The number of rotatable bonds is 1. The molecule has 6 rings (SSSR count). The van der Waals surface area contributed by atoms with Crippen molar-refractivity contribution in [3.05, 3.63) is 40.3 Å². The van der Waals surface area contributed by atoms with Crippen LogP contribution in [0.5, 0.6) is 0 Å². The lowest BCUT2D eigenvalue weighted by molar-refractivity contribution is -0.153. The molecule has 13 heteroatoms. The van der Waals surface area contributed by atoms with Crippen LogP contribution in [0.15, 0.2) is 22.7 Å². The smallest absolute Gasteiger partial charge is 0.328 e. The Morgan fingerprint density at radius 2 is 1.97 bits per heavy atom. The molecule has 188 valence electrons. The molecule has 5 heterocycles. The largest absolute Gasteiger partial charge is 0.372 e. The molecule has 0 bridgehead atoms. The molecule has 2 saturated heterocycles. The van der Waals surface area contributed by atoms with E-state index in [2.05, 4.69) is 15.8 Å². The van der Waals surface area contributed by atoms with Gasteiger partial charge in [-0.15, -0.1) is 0 Å². The maximum Gasteiger partial charge on any atom is 0.328 e. The number of carbonyl (C=O) groups is 3. The molecule has 2 aromatic heterocycles. The first-order valence-corrected chi connectivity index (χ1v) is 11.8. The molecule has 3 aromatic rings. The number of fused-ring (bicyclic) bond motifs is 5. The minimum absolute atomic E-state index is 0.132. The Kier molecular flexibility index (Phi) is 5.02. The van der Waals surface area contributed by atoms with Crippen LogP contribution in [0.4, 0.5) is 14.9 Å². The third-order valence-corrected chi connectivity index (χ3v) is 7.49. The van der Waals surface area contributed by atoms with Gasteiger partial charge in [-0.1, -0.05) is 22.8 Å². The van der Waals surface area contributed by atoms with Gasteiger partial charge in [-0.2, -0.15) is 5.26 Å². The fourth-order valence-corrected chi connectivity index (χ4v) is 6.04. The number of nitriles is 1. The minimum Gasteiger partial charge on any atom is -0.372 e. The average Bonchev–Trinajstić information content (AvgIpc) is 3.26. The summed E-state index contributed by atoms with van der Waals surface area (Å²) in [6.45, 7) is 3.89. The van der Waals surface area contributed by atoms with E-state index in [4.69, 9.17) is 31.1 Å². The van der Waals surface area contributed by atoms with Crippen molar-refractivity contribution >= 4 is 46.2 Å². The quantitative estimate of drug-likeness (QED) is 0.457. The molecule has 37 heavy (non-hydrogen) atoms. The van der Waals surface area contributed by atoms with Crippen molar-refractivity contribution in [2.75, 3.05) is 11.4 Å². The summed E-state index contributed by atoms with van der Waals surface area (Å²) in [5, 5.41) is 17.7. The number of hydrogen-bond acceptors (Lipinski definition) is 9. The topological polar surface area (TPSA) is 150 Å². The molecule has 0 radical (unpaired) electrons. The van der Waals surface area contributed by atoms with E-state index in [-0.39, 0.29) is 46.4 Å². The Bertz CT molecular complexity index is 1560. The molecule has 3 aliphatic rings. The van der Waals surface area contributed by atoms with Gasteiger partial charge in [0.1, 0.15) is 28.1 Å². The average molecular weight is 525 g/mol. The summed E-state index contributed by atoms with van der Waals surface area (Å²) in [7, 11) is 0. The van der Waals surface area contributed by atoms with E-state index in [0.717, 1.165) is 6.07 Å². The van der Waals surface area contributed by atoms with E-state index in [1.807, 2.05) is 11.8 Å². The lowest BCUT2D eigenvalue weighted by atomic mass is 9.67. The van der Waals surface area contributed by atoms with Crippen molar-refractivity contribution in [2.45, 2.75) is 38.5 Å². The number of barbiturate groups is 1. The summed E-state index contributed by atoms with van der Waals surface area (Å²) < 4.78 is 25.9. The second kappa shape index (κ2) is 7.96. The van der Waals surface area contributed by atoms with Crippen LogP contribution in [0.3, 0.4) is 0 Å². The van der Waals surface area contributed by atoms with Crippen LogP contribution >= 0.6 is 11.6 Å². The van der Waals surface area contributed by atoms with Crippen molar-refractivity contribution < 1.29 is 28.0 Å². The SMILES string of the molecule is C[C@@H]1CN2c3c(nc4c(-c5ccc(C#N)c(F)c5)noc4c3Cl)CC3(C(=O)NC(=O)NC3=O)[C@H]2[C@H](C)O1. The molecule has 4 amide bonds. The third-order valence-electron chi connectivity index (χ3n) is 7.14. The summed E-state index contributed by atoms with van der Waals surface area (Å²) in [4.78, 5) is 45.1. The van der Waals surface area contributed by atoms with Gasteiger partial charge in [-0.25, -0.2) is 14.2 Å². The summed E-state index contributed by atoms with van der Waals surface area (Å²) in [5.41, 5.74) is -0.260. The van der Waals surface area contributed by atoms with Crippen molar-refractivity contribution in [1.29, 1.82) is 5.26 Å². The first-order valence-electron chi connectivity index (χ1n) is 11.4. The molecule has 0 saturated carbocycles. The number of ether oxygens (including phenoxy) is 1. The van der Waals surface area contributed by atoms with Gasteiger partial charge in [-0.3, -0.25) is 20.2 Å². The molecule has 3 aliphatic heterocycles. The fraction of sp³-hybridized carbons (Fsp3) is 0.333. The normalized spacial score (nSPS) is 24.4. The van der Waals surface area contributed by atoms with E-state index in [9.17, 15) is 18.8 Å². The maximum atomic E-state index is 14.3. The van der Waals surface area contributed by atoms with Gasteiger partial charge in [0.2, 0.25) is 17.4 Å². The predicted molar refractivity (Wildman–Crippen MR) is 126 cm³/mol. The second-order valence-corrected chi connectivity index (χ2v) is 9.75. The van der Waals surface area contributed by atoms with Crippen LogP contribution in [-0.4, -0.2) is 52.8 Å². The number of urea groups is 1. The zero-order chi connectivity index (χ0) is 26.2. The fourth-order valence-electron chi connectivity index (χ4n) is 5.70. The van der Waals surface area contributed by atoms with Crippen molar-refractivity contribution in [3.63, 3.8) is 0 Å². The molecule has 11 nitrogen and oxygen atoms in total. The molecule has 1 aromatic carbocycles. The number of halogens is 2. The van der Waals surface area contributed by atoms with E-state index in [1.165, 1.54) is 12.1 Å². The number of benzene rings is 1. The van der Waals surface area contributed by atoms with Gasteiger partial charge >= 0.3 is 6.03 Å². The lowest BCUT2D eigenvalue weighted by Gasteiger charge is -2.55. The number of nitrogens with zero attached hydrogens (tertiary/aromatic N) is 4. The number of hydrogen-bond donors (Lipinski definition) is 2. The van der Waals surface area contributed by atoms with Gasteiger partial charge in [0.25, 0.3) is 0 Å². The Labute approximate surface area is 213 Å². The van der Waals surface area contributed by atoms with Crippen molar-refractivity contribution in [2.24, 2.45) is 5.41 Å². The molecule has 2 N–H and O–H groups in total. The lowest BCUT2D eigenvalue weighted by Crippen LogP contribution is -2.75. The summed E-state index contributed by atoms with van der Waals surface area (Å²) in [6, 6.07) is 4.02. The molecule has 0 aliphatic carbocycles. The highest BCUT2D eigenvalue weighted by Gasteiger charge is 2.63. The molecule has 3 atom stereocenters.